The number of sulfone groups is 1. The number of likely N-dealkylation sites (N-methyl/N-ethyl adjacent to an activating group) is 1. The Hall–Kier alpha value is -2.98. The third kappa shape index (κ3) is 4.82. The quantitative estimate of drug-likeness (QED) is 0.375. The second-order valence-electron chi connectivity index (χ2n) is 9.82. The lowest BCUT2D eigenvalue weighted by Gasteiger charge is -2.44. The maximum Gasteiger partial charge on any atom is 0.253 e. The number of hydrogen-bond acceptors (Lipinski definition) is 5. The number of aromatic nitrogens is 2. The van der Waals surface area contributed by atoms with Crippen LogP contribution < -0.4 is 5.32 Å². The molecule has 0 aliphatic heterocycles. The summed E-state index contributed by atoms with van der Waals surface area (Å²) in [6.45, 7) is 4.73. The molecule has 206 valence electrons. The van der Waals surface area contributed by atoms with E-state index in [1.54, 1.807) is 37.3 Å². The Bertz CT molecular complexity index is 1580. The number of alkyl halides is 1. The molecule has 0 bridgehead atoms. The number of benzene rings is 2. The molecule has 0 fully saturated rings. The van der Waals surface area contributed by atoms with E-state index in [4.69, 9.17) is 23.2 Å². The topological polar surface area (TPSA) is 101 Å². The van der Waals surface area contributed by atoms with Gasteiger partial charge in [0.05, 0.1) is 16.3 Å². The van der Waals surface area contributed by atoms with Crippen molar-refractivity contribution in [2.24, 2.45) is 0 Å². The van der Waals surface area contributed by atoms with Gasteiger partial charge in [0.2, 0.25) is 0 Å². The Balaban J connectivity index is 2.17. The van der Waals surface area contributed by atoms with E-state index in [0.717, 1.165) is 12.3 Å². The molecule has 39 heavy (non-hydrogen) atoms. The lowest BCUT2D eigenvalue weighted by Crippen LogP contribution is -2.63. The van der Waals surface area contributed by atoms with Crippen LogP contribution in [0.4, 0.5) is 4.39 Å². The maximum atomic E-state index is 15.3. The first-order valence-electron chi connectivity index (χ1n) is 12.1. The van der Waals surface area contributed by atoms with E-state index >= 15 is 4.39 Å². The SMILES string of the molecule is CCNC(=O)C1(n2cc(C(C)(C)O)nc2-c2c(F)cccc2Cl)C=CC(c2ccccc2)=CC1(Cl)S(C)(=O)=O. The van der Waals surface area contributed by atoms with Gasteiger partial charge >= 0.3 is 0 Å². The maximum absolute atomic E-state index is 15.3. The minimum absolute atomic E-state index is 0.0324. The predicted octanol–water partition coefficient (Wildman–Crippen LogP) is 5.03. The van der Waals surface area contributed by atoms with Crippen LogP contribution in [0.15, 0.2) is 73.0 Å². The van der Waals surface area contributed by atoms with Gasteiger partial charge in [-0.2, -0.15) is 0 Å². The monoisotopic (exact) mass is 591 g/mol. The fourth-order valence-corrected chi connectivity index (χ4v) is 6.36. The molecule has 1 aliphatic carbocycles. The highest BCUT2D eigenvalue weighted by Gasteiger charge is 2.63. The standard InChI is InChI=1S/C28H28Cl2FN3O4S/c1-5-32-25(35)27(15-14-19(18-10-7-6-8-11-18)16-28(27,30)39(4,37)38)34-17-22(26(2,3)36)33-24(34)23-20(29)12-9-13-21(23)31/h6-17,36H,5H2,1-4H3,(H,32,35). The van der Waals surface area contributed by atoms with E-state index in [1.807, 2.05) is 6.07 Å². The van der Waals surface area contributed by atoms with Gasteiger partial charge in [-0.05, 0) is 56.2 Å². The highest BCUT2D eigenvalue weighted by Crippen LogP contribution is 2.50. The first-order valence-corrected chi connectivity index (χ1v) is 14.7. The number of carbonyl (C=O) groups excluding carboxylic acids is 1. The molecule has 2 aromatic carbocycles. The summed E-state index contributed by atoms with van der Waals surface area (Å²) in [5.41, 5.74) is -2.77. The molecule has 3 aromatic rings. The minimum atomic E-state index is -4.29. The van der Waals surface area contributed by atoms with Gasteiger partial charge in [-0.1, -0.05) is 65.7 Å². The Morgan fingerprint density at radius 2 is 1.85 bits per heavy atom. The summed E-state index contributed by atoms with van der Waals surface area (Å²) in [6.07, 6.45) is 6.51. The number of amides is 1. The van der Waals surface area contributed by atoms with Crippen molar-refractivity contribution in [3.05, 3.63) is 95.1 Å². The van der Waals surface area contributed by atoms with Gasteiger partial charge in [0.15, 0.2) is 19.6 Å². The molecule has 1 heterocycles. The molecule has 0 radical (unpaired) electrons. The highest BCUT2D eigenvalue weighted by molar-refractivity contribution is 7.93. The summed E-state index contributed by atoms with van der Waals surface area (Å²) in [7, 11) is -4.29. The largest absolute Gasteiger partial charge is 0.384 e. The second kappa shape index (κ2) is 10.2. The molecule has 2 atom stereocenters. The van der Waals surface area contributed by atoms with Crippen molar-refractivity contribution in [3.63, 3.8) is 0 Å². The van der Waals surface area contributed by atoms with E-state index in [9.17, 15) is 18.3 Å². The fourth-order valence-electron chi connectivity index (χ4n) is 4.59. The third-order valence-electron chi connectivity index (χ3n) is 6.59. The van der Waals surface area contributed by atoms with Crippen molar-refractivity contribution in [3.8, 4) is 11.4 Å². The zero-order valence-corrected chi connectivity index (χ0v) is 24.1. The molecule has 1 aliphatic rings. The summed E-state index contributed by atoms with van der Waals surface area (Å²) in [6, 6.07) is 13.0. The number of nitrogens with zero attached hydrogens (tertiary/aromatic N) is 2. The highest BCUT2D eigenvalue weighted by atomic mass is 35.5. The van der Waals surface area contributed by atoms with Crippen LogP contribution in [0.2, 0.25) is 5.02 Å². The van der Waals surface area contributed by atoms with Gasteiger partial charge in [0.1, 0.15) is 17.2 Å². The van der Waals surface area contributed by atoms with E-state index in [1.165, 1.54) is 48.9 Å². The van der Waals surface area contributed by atoms with Gasteiger partial charge in [-0.25, -0.2) is 17.8 Å². The molecular formula is C28H28Cl2FN3O4S. The van der Waals surface area contributed by atoms with Crippen LogP contribution in [0.3, 0.4) is 0 Å². The van der Waals surface area contributed by atoms with Crippen LogP contribution in [-0.4, -0.2) is 46.0 Å². The molecule has 2 unspecified atom stereocenters. The van der Waals surface area contributed by atoms with Crippen molar-refractivity contribution < 1.29 is 22.7 Å². The summed E-state index contributed by atoms with van der Waals surface area (Å²) < 4.78 is 41.3. The van der Waals surface area contributed by atoms with E-state index in [-0.39, 0.29) is 28.6 Å². The molecule has 0 spiro atoms. The van der Waals surface area contributed by atoms with Gasteiger partial charge in [-0.15, -0.1) is 0 Å². The molecule has 0 saturated carbocycles. The van der Waals surface area contributed by atoms with Crippen LogP contribution in [0.25, 0.3) is 17.0 Å². The smallest absolute Gasteiger partial charge is 0.253 e. The first kappa shape index (κ1) is 29.0. The number of imidazole rings is 1. The lowest BCUT2D eigenvalue weighted by atomic mass is 9.83. The molecule has 0 saturated heterocycles. The second-order valence-corrected chi connectivity index (χ2v) is 13.2. The fraction of sp³-hybridized carbons (Fsp3) is 0.286. The summed E-state index contributed by atoms with van der Waals surface area (Å²) in [4.78, 5) is 18.5. The van der Waals surface area contributed by atoms with Crippen molar-refractivity contribution in [2.75, 3.05) is 12.8 Å². The Morgan fingerprint density at radius 3 is 2.41 bits per heavy atom. The average molecular weight is 593 g/mol. The Labute approximate surface area is 236 Å². The van der Waals surface area contributed by atoms with E-state index in [0.29, 0.717) is 11.1 Å². The molecule has 4 rings (SSSR count). The van der Waals surface area contributed by atoms with Crippen LogP contribution in [-0.2, 0) is 25.8 Å². The van der Waals surface area contributed by atoms with Crippen molar-refractivity contribution in [1.82, 2.24) is 14.9 Å². The molecule has 7 nitrogen and oxygen atoms in total. The number of halogens is 3. The number of nitrogens with one attached hydrogen (secondary N) is 1. The molecule has 1 amide bonds. The number of hydrogen-bond donors (Lipinski definition) is 2. The zero-order chi connectivity index (χ0) is 28.8. The predicted molar refractivity (Wildman–Crippen MR) is 152 cm³/mol. The zero-order valence-electron chi connectivity index (χ0n) is 21.7. The van der Waals surface area contributed by atoms with Crippen molar-refractivity contribution >= 4 is 44.5 Å². The lowest BCUT2D eigenvalue weighted by molar-refractivity contribution is -0.127. The van der Waals surface area contributed by atoms with Crippen LogP contribution >= 0.6 is 23.2 Å². The van der Waals surface area contributed by atoms with Gasteiger partial charge < -0.3 is 15.0 Å². The third-order valence-corrected chi connectivity index (χ3v) is 9.66. The van der Waals surface area contributed by atoms with Crippen LogP contribution in [0, 0.1) is 5.82 Å². The Kier molecular flexibility index (Phi) is 7.59. The number of aliphatic hydroxyl groups is 1. The Morgan fingerprint density at radius 1 is 1.18 bits per heavy atom. The van der Waals surface area contributed by atoms with Crippen molar-refractivity contribution in [2.45, 2.75) is 36.1 Å². The minimum Gasteiger partial charge on any atom is -0.384 e. The molecular weight excluding hydrogens is 564 g/mol. The van der Waals surface area contributed by atoms with Gasteiger partial charge in [0, 0.05) is 19.0 Å². The van der Waals surface area contributed by atoms with Gasteiger partial charge in [0.25, 0.3) is 5.91 Å². The molecule has 2 N–H and O–H groups in total. The summed E-state index contributed by atoms with van der Waals surface area (Å²) in [5.74, 6) is -1.72. The summed E-state index contributed by atoms with van der Waals surface area (Å²) in [5, 5.41) is 13.5. The average Bonchev–Trinajstić information content (AvgIpc) is 3.30. The van der Waals surface area contributed by atoms with E-state index < -0.39 is 36.9 Å². The first-order chi connectivity index (χ1) is 18.2. The van der Waals surface area contributed by atoms with Crippen LogP contribution in [0.1, 0.15) is 32.0 Å². The van der Waals surface area contributed by atoms with Gasteiger partial charge in [-0.3, -0.25) is 4.79 Å². The number of allylic oxidation sites excluding steroid dienone is 2. The van der Waals surface area contributed by atoms with Crippen molar-refractivity contribution in [1.29, 1.82) is 0 Å². The van der Waals surface area contributed by atoms with Crippen LogP contribution in [0.5, 0.6) is 0 Å². The molecule has 11 heteroatoms. The number of carbonyl (C=O) groups is 1. The van der Waals surface area contributed by atoms with E-state index in [2.05, 4.69) is 10.3 Å². The normalized spacial score (nSPS) is 21.5. The summed E-state index contributed by atoms with van der Waals surface area (Å²) >= 11 is 13.5. The molecule has 1 aromatic heterocycles. The number of rotatable bonds is 7.